The van der Waals surface area contributed by atoms with E-state index in [0.717, 1.165) is 23.1 Å². The predicted octanol–water partition coefficient (Wildman–Crippen LogP) is 2.37. The zero-order valence-electron chi connectivity index (χ0n) is 11.2. The molecule has 0 aliphatic rings. The van der Waals surface area contributed by atoms with Gasteiger partial charge in [0.1, 0.15) is 5.75 Å². The SMILES string of the molecule is CCOC(CN)CCOc1ccc2cccnc2c1. The van der Waals surface area contributed by atoms with E-state index in [1.54, 1.807) is 6.20 Å². The summed E-state index contributed by atoms with van der Waals surface area (Å²) in [4.78, 5) is 4.31. The molecule has 2 N–H and O–H groups in total. The first-order chi connectivity index (χ1) is 9.33. The maximum absolute atomic E-state index is 5.72. The van der Waals surface area contributed by atoms with Crippen LogP contribution in [0.15, 0.2) is 36.5 Å². The van der Waals surface area contributed by atoms with Crippen molar-refractivity contribution in [1.82, 2.24) is 4.98 Å². The molecule has 0 saturated carbocycles. The Morgan fingerprint density at radius 2 is 2.21 bits per heavy atom. The van der Waals surface area contributed by atoms with Crippen LogP contribution >= 0.6 is 0 Å². The first kappa shape index (κ1) is 13.8. The second kappa shape index (κ2) is 7.07. The molecule has 102 valence electrons. The minimum atomic E-state index is 0.0728. The van der Waals surface area contributed by atoms with Crippen molar-refractivity contribution < 1.29 is 9.47 Å². The Bertz CT molecular complexity index is 516. The number of aromatic nitrogens is 1. The molecule has 0 amide bonds. The van der Waals surface area contributed by atoms with Crippen LogP contribution in [0.4, 0.5) is 0 Å². The maximum atomic E-state index is 5.72. The first-order valence-corrected chi connectivity index (χ1v) is 6.62. The highest BCUT2D eigenvalue weighted by Gasteiger charge is 2.06. The standard InChI is InChI=1S/C15H20N2O2/c1-2-18-14(11-16)7-9-19-13-6-5-12-4-3-8-17-15(12)10-13/h3-6,8,10,14H,2,7,9,11,16H2,1H3. The highest BCUT2D eigenvalue weighted by atomic mass is 16.5. The van der Waals surface area contributed by atoms with Gasteiger partial charge in [-0.3, -0.25) is 4.98 Å². The molecule has 19 heavy (non-hydrogen) atoms. The highest BCUT2D eigenvalue weighted by molar-refractivity contribution is 5.79. The number of hydrogen-bond acceptors (Lipinski definition) is 4. The molecule has 2 rings (SSSR count). The predicted molar refractivity (Wildman–Crippen MR) is 76.3 cm³/mol. The zero-order chi connectivity index (χ0) is 13.5. The zero-order valence-corrected chi connectivity index (χ0v) is 11.2. The molecule has 1 atom stereocenters. The molecule has 0 radical (unpaired) electrons. The topological polar surface area (TPSA) is 57.4 Å². The van der Waals surface area contributed by atoms with E-state index >= 15 is 0 Å². The Morgan fingerprint density at radius 1 is 1.32 bits per heavy atom. The summed E-state index contributed by atoms with van der Waals surface area (Å²) in [6.45, 7) is 3.77. The van der Waals surface area contributed by atoms with Gasteiger partial charge in [-0.2, -0.15) is 0 Å². The molecule has 1 heterocycles. The van der Waals surface area contributed by atoms with Crippen molar-refractivity contribution in [3.8, 4) is 5.75 Å². The molecule has 0 bridgehead atoms. The van der Waals surface area contributed by atoms with Crippen LogP contribution in [0.1, 0.15) is 13.3 Å². The highest BCUT2D eigenvalue weighted by Crippen LogP contribution is 2.18. The number of nitrogens with zero attached hydrogens (tertiary/aromatic N) is 1. The molecule has 0 spiro atoms. The summed E-state index contributed by atoms with van der Waals surface area (Å²) in [6.07, 6.45) is 2.65. The fourth-order valence-corrected chi connectivity index (χ4v) is 1.95. The molecule has 1 unspecified atom stereocenters. The number of rotatable bonds is 7. The van der Waals surface area contributed by atoms with E-state index in [0.29, 0.717) is 19.8 Å². The summed E-state index contributed by atoms with van der Waals surface area (Å²) in [5.74, 6) is 0.832. The minimum absolute atomic E-state index is 0.0728. The van der Waals surface area contributed by atoms with Gasteiger partial charge >= 0.3 is 0 Å². The number of ether oxygens (including phenoxy) is 2. The van der Waals surface area contributed by atoms with Crippen LogP contribution in [-0.4, -0.2) is 30.8 Å². The summed E-state index contributed by atoms with van der Waals surface area (Å²) >= 11 is 0. The fourth-order valence-electron chi connectivity index (χ4n) is 1.95. The molecule has 0 fully saturated rings. The Hall–Kier alpha value is -1.65. The third kappa shape index (κ3) is 3.91. The molecule has 1 aromatic carbocycles. The Labute approximate surface area is 113 Å². The van der Waals surface area contributed by atoms with Crippen LogP contribution in [0.2, 0.25) is 0 Å². The Morgan fingerprint density at radius 3 is 3.00 bits per heavy atom. The average Bonchev–Trinajstić information content (AvgIpc) is 2.46. The van der Waals surface area contributed by atoms with Crippen molar-refractivity contribution in [2.45, 2.75) is 19.4 Å². The van der Waals surface area contributed by atoms with E-state index in [-0.39, 0.29) is 6.10 Å². The summed E-state index contributed by atoms with van der Waals surface area (Å²) in [5, 5.41) is 1.11. The lowest BCUT2D eigenvalue weighted by Crippen LogP contribution is -2.25. The lowest BCUT2D eigenvalue weighted by atomic mass is 10.2. The monoisotopic (exact) mass is 260 g/mol. The van der Waals surface area contributed by atoms with Crippen molar-refractivity contribution in [2.24, 2.45) is 5.73 Å². The van der Waals surface area contributed by atoms with Crippen molar-refractivity contribution in [2.75, 3.05) is 19.8 Å². The average molecular weight is 260 g/mol. The van der Waals surface area contributed by atoms with Crippen molar-refractivity contribution >= 4 is 10.9 Å². The molecular weight excluding hydrogens is 240 g/mol. The van der Waals surface area contributed by atoms with Crippen LogP contribution in [0.3, 0.4) is 0 Å². The van der Waals surface area contributed by atoms with E-state index in [9.17, 15) is 0 Å². The Kier molecular flexibility index (Phi) is 5.12. The van der Waals surface area contributed by atoms with E-state index in [1.165, 1.54) is 0 Å². The fraction of sp³-hybridized carbons (Fsp3) is 0.400. The minimum Gasteiger partial charge on any atom is -0.493 e. The normalized spacial score (nSPS) is 12.5. The van der Waals surface area contributed by atoms with Gasteiger partial charge in [0.05, 0.1) is 18.2 Å². The van der Waals surface area contributed by atoms with Crippen LogP contribution in [0.5, 0.6) is 5.75 Å². The first-order valence-electron chi connectivity index (χ1n) is 6.62. The number of nitrogens with two attached hydrogens (primary N) is 1. The van der Waals surface area contributed by atoms with E-state index in [2.05, 4.69) is 4.98 Å². The van der Waals surface area contributed by atoms with E-state index in [4.69, 9.17) is 15.2 Å². The third-order valence-corrected chi connectivity index (χ3v) is 2.95. The van der Waals surface area contributed by atoms with Crippen LogP contribution < -0.4 is 10.5 Å². The molecule has 4 nitrogen and oxygen atoms in total. The molecule has 0 aliphatic heterocycles. The van der Waals surface area contributed by atoms with Gasteiger partial charge < -0.3 is 15.2 Å². The lowest BCUT2D eigenvalue weighted by molar-refractivity contribution is 0.0527. The van der Waals surface area contributed by atoms with Crippen molar-refractivity contribution in [1.29, 1.82) is 0 Å². The number of fused-ring (bicyclic) bond motifs is 1. The van der Waals surface area contributed by atoms with Gasteiger partial charge in [-0.25, -0.2) is 0 Å². The van der Waals surface area contributed by atoms with Gasteiger partial charge in [0.25, 0.3) is 0 Å². The van der Waals surface area contributed by atoms with Crippen LogP contribution in [0.25, 0.3) is 10.9 Å². The van der Waals surface area contributed by atoms with Crippen molar-refractivity contribution in [3.05, 3.63) is 36.5 Å². The summed E-state index contributed by atoms with van der Waals surface area (Å²) in [7, 11) is 0. The number of benzene rings is 1. The quantitative estimate of drug-likeness (QED) is 0.830. The van der Waals surface area contributed by atoms with Gasteiger partial charge in [0.2, 0.25) is 0 Å². The molecule has 2 aromatic rings. The van der Waals surface area contributed by atoms with E-state index < -0.39 is 0 Å². The maximum Gasteiger partial charge on any atom is 0.121 e. The molecule has 4 heteroatoms. The molecule has 0 saturated heterocycles. The molecular formula is C15H20N2O2. The largest absolute Gasteiger partial charge is 0.493 e. The second-order valence-electron chi connectivity index (χ2n) is 4.31. The summed E-state index contributed by atoms with van der Waals surface area (Å²) in [6, 6.07) is 9.89. The van der Waals surface area contributed by atoms with E-state index in [1.807, 2.05) is 37.3 Å². The van der Waals surface area contributed by atoms with Gasteiger partial charge in [0, 0.05) is 37.2 Å². The summed E-state index contributed by atoms with van der Waals surface area (Å²) < 4.78 is 11.2. The summed E-state index contributed by atoms with van der Waals surface area (Å²) in [5.41, 5.74) is 6.57. The lowest BCUT2D eigenvalue weighted by Gasteiger charge is -2.15. The third-order valence-electron chi connectivity index (χ3n) is 2.95. The molecule has 1 aromatic heterocycles. The van der Waals surface area contributed by atoms with Crippen LogP contribution in [0, 0.1) is 0 Å². The van der Waals surface area contributed by atoms with Gasteiger partial charge in [0.15, 0.2) is 0 Å². The number of pyridine rings is 1. The number of hydrogen-bond donors (Lipinski definition) is 1. The van der Waals surface area contributed by atoms with Gasteiger partial charge in [-0.05, 0) is 25.1 Å². The van der Waals surface area contributed by atoms with Gasteiger partial charge in [-0.15, -0.1) is 0 Å². The second-order valence-corrected chi connectivity index (χ2v) is 4.31. The van der Waals surface area contributed by atoms with Gasteiger partial charge in [-0.1, -0.05) is 6.07 Å². The molecule has 0 aliphatic carbocycles. The smallest absolute Gasteiger partial charge is 0.121 e. The van der Waals surface area contributed by atoms with Crippen molar-refractivity contribution in [3.63, 3.8) is 0 Å². The van der Waals surface area contributed by atoms with Crippen LogP contribution in [-0.2, 0) is 4.74 Å². The Balaban J connectivity index is 1.90.